The molecule has 1 saturated heterocycles. The van der Waals surface area contributed by atoms with Gasteiger partial charge in [0.1, 0.15) is 5.82 Å². The van der Waals surface area contributed by atoms with E-state index in [1.165, 1.54) is 31.4 Å². The van der Waals surface area contributed by atoms with Crippen LogP contribution in [0, 0.1) is 11.7 Å². The Balaban J connectivity index is 1.32. The number of nitrogens with one attached hydrogen (secondary N) is 1. The molecule has 3 aliphatic rings. The monoisotopic (exact) mass is 331 g/mol. The lowest BCUT2D eigenvalue weighted by Gasteiger charge is -2.43. The topological polar surface area (TPSA) is 38.3 Å². The third-order valence-electron chi connectivity index (χ3n) is 6.03. The van der Waals surface area contributed by atoms with E-state index in [1.54, 1.807) is 12.1 Å². The van der Waals surface area contributed by atoms with E-state index in [0.29, 0.717) is 0 Å². The average Bonchev–Trinajstić information content (AvgIpc) is 3.37. The quantitative estimate of drug-likeness (QED) is 0.911. The van der Waals surface area contributed by atoms with Crippen LogP contribution in [0.25, 0.3) is 0 Å². The highest BCUT2D eigenvalue weighted by Gasteiger charge is 2.45. The predicted molar refractivity (Wildman–Crippen MR) is 90.2 cm³/mol. The number of ether oxygens (including phenoxy) is 1. The molecule has 1 aromatic carbocycles. The summed E-state index contributed by atoms with van der Waals surface area (Å²) in [6, 6.07) is 6.82. The molecule has 24 heavy (non-hydrogen) atoms. The molecule has 0 radical (unpaired) electrons. The van der Waals surface area contributed by atoms with E-state index in [0.717, 1.165) is 44.3 Å². The molecule has 1 aliphatic heterocycles. The van der Waals surface area contributed by atoms with E-state index in [9.17, 15) is 9.18 Å². The first kappa shape index (κ1) is 16.1. The van der Waals surface area contributed by atoms with Crippen molar-refractivity contribution in [2.75, 3.05) is 6.61 Å². The van der Waals surface area contributed by atoms with Crippen molar-refractivity contribution < 1.29 is 13.9 Å². The molecule has 130 valence electrons. The Kier molecular flexibility index (Phi) is 4.33. The molecule has 4 rings (SSSR count). The van der Waals surface area contributed by atoms with Crippen LogP contribution in [0.4, 0.5) is 4.39 Å². The first-order valence-electron chi connectivity index (χ1n) is 9.35. The van der Waals surface area contributed by atoms with E-state index in [1.807, 2.05) is 0 Å². The fourth-order valence-corrected chi connectivity index (χ4v) is 4.57. The second kappa shape index (κ2) is 6.47. The van der Waals surface area contributed by atoms with Gasteiger partial charge >= 0.3 is 0 Å². The van der Waals surface area contributed by atoms with E-state index in [4.69, 9.17) is 4.74 Å². The standard InChI is InChI=1S/C20H26FNO2/c21-15-6-4-14(5-7-15)17-12-18(17)19(23)22-16-8-11-24-20(13-16)9-2-1-3-10-20/h4-7,16-18H,1-3,8-13H2,(H,22,23)/t16-,17+,18-/m1/s1. The third-order valence-corrected chi connectivity index (χ3v) is 6.03. The lowest BCUT2D eigenvalue weighted by Crippen LogP contribution is -2.49. The van der Waals surface area contributed by atoms with Crippen molar-refractivity contribution in [2.45, 2.75) is 68.9 Å². The van der Waals surface area contributed by atoms with Gasteiger partial charge in [-0.3, -0.25) is 4.79 Å². The second-order valence-corrected chi connectivity index (χ2v) is 7.79. The zero-order valence-electron chi connectivity index (χ0n) is 14.1. The maximum Gasteiger partial charge on any atom is 0.223 e. The van der Waals surface area contributed by atoms with E-state index in [-0.39, 0.29) is 35.2 Å². The molecule has 2 aliphatic carbocycles. The van der Waals surface area contributed by atoms with Crippen LogP contribution in [-0.4, -0.2) is 24.2 Å². The molecular weight excluding hydrogens is 305 g/mol. The smallest absolute Gasteiger partial charge is 0.223 e. The average molecular weight is 331 g/mol. The summed E-state index contributed by atoms with van der Waals surface area (Å²) in [6.07, 6.45) is 8.84. The summed E-state index contributed by atoms with van der Waals surface area (Å²) < 4.78 is 19.1. The molecule has 0 unspecified atom stereocenters. The lowest BCUT2D eigenvalue weighted by atomic mass is 9.78. The number of hydrogen-bond donors (Lipinski definition) is 1. The van der Waals surface area contributed by atoms with Gasteiger partial charge in [-0.05, 0) is 55.7 Å². The van der Waals surface area contributed by atoms with Gasteiger partial charge in [0.15, 0.2) is 0 Å². The molecule has 3 fully saturated rings. The largest absolute Gasteiger partial charge is 0.375 e. The van der Waals surface area contributed by atoms with E-state index >= 15 is 0 Å². The van der Waals surface area contributed by atoms with Gasteiger partial charge in [-0.2, -0.15) is 0 Å². The Morgan fingerprint density at radius 1 is 1.17 bits per heavy atom. The number of rotatable bonds is 3. The van der Waals surface area contributed by atoms with Gasteiger partial charge in [0.05, 0.1) is 5.60 Å². The Labute approximate surface area is 143 Å². The maximum absolute atomic E-state index is 13.0. The number of carbonyl (C=O) groups excluding carboxylic acids is 1. The number of halogens is 1. The molecular formula is C20H26FNO2. The first-order chi connectivity index (χ1) is 11.7. The highest BCUT2D eigenvalue weighted by Crippen LogP contribution is 2.48. The molecule has 0 bridgehead atoms. The van der Waals surface area contributed by atoms with Gasteiger partial charge in [0.2, 0.25) is 5.91 Å². The second-order valence-electron chi connectivity index (χ2n) is 7.79. The minimum atomic E-state index is -0.222. The first-order valence-corrected chi connectivity index (χ1v) is 9.35. The molecule has 2 saturated carbocycles. The van der Waals surface area contributed by atoms with Crippen molar-refractivity contribution in [2.24, 2.45) is 5.92 Å². The summed E-state index contributed by atoms with van der Waals surface area (Å²) in [6.45, 7) is 0.761. The highest BCUT2D eigenvalue weighted by molar-refractivity contribution is 5.83. The Bertz CT molecular complexity index is 589. The van der Waals surface area contributed by atoms with Crippen molar-refractivity contribution in [3.63, 3.8) is 0 Å². The zero-order chi connectivity index (χ0) is 16.6. The van der Waals surface area contributed by atoms with Crippen molar-refractivity contribution in [1.29, 1.82) is 0 Å². The normalized spacial score (nSPS) is 31.6. The van der Waals surface area contributed by atoms with Crippen molar-refractivity contribution >= 4 is 5.91 Å². The molecule has 1 amide bonds. The summed E-state index contributed by atoms with van der Waals surface area (Å²) in [4.78, 5) is 12.6. The zero-order valence-corrected chi connectivity index (χ0v) is 14.1. The van der Waals surface area contributed by atoms with Gasteiger partial charge in [-0.25, -0.2) is 4.39 Å². The van der Waals surface area contributed by atoms with Crippen LogP contribution in [0.1, 0.15) is 62.8 Å². The minimum absolute atomic E-state index is 0.0222. The van der Waals surface area contributed by atoms with Crippen LogP contribution < -0.4 is 5.32 Å². The molecule has 1 heterocycles. The molecule has 1 aromatic rings. The molecule has 3 atom stereocenters. The van der Waals surface area contributed by atoms with E-state index in [2.05, 4.69) is 5.32 Å². The van der Waals surface area contributed by atoms with E-state index < -0.39 is 0 Å². The van der Waals surface area contributed by atoms with Crippen molar-refractivity contribution in [3.8, 4) is 0 Å². The number of hydrogen-bond acceptors (Lipinski definition) is 2. The molecule has 3 nitrogen and oxygen atoms in total. The summed E-state index contributed by atoms with van der Waals surface area (Å²) in [5.74, 6) is 0.261. The van der Waals surface area contributed by atoms with Crippen LogP contribution >= 0.6 is 0 Å². The Hall–Kier alpha value is -1.42. The highest BCUT2D eigenvalue weighted by atomic mass is 19.1. The Morgan fingerprint density at radius 3 is 2.67 bits per heavy atom. The van der Waals surface area contributed by atoms with Crippen LogP contribution in [-0.2, 0) is 9.53 Å². The molecule has 0 aromatic heterocycles. The molecule has 1 spiro atoms. The number of benzene rings is 1. The predicted octanol–water partition coefficient (Wildman–Crippen LogP) is 3.93. The van der Waals surface area contributed by atoms with Gasteiger partial charge in [-0.15, -0.1) is 0 Å². The van der Waals surface area contributed by atoms with Gasteiger partial charge in [-0.1, -0.05) is 31.4 Å². The summed E-state index contributed by atoms with van der Waals surface area (Å²) in [5.41, 5.74) is 1.10. The minimum Gasteiger partial charge on any atom is -0.375 e. The number of amides is 1. The Morgan fingerprint density at radius 2 is 1.92 bits per heavy atom. The van der Waals surface area contributed by atoms with Gasteiger partial charge < -0.3 is 10.1 Å². The SMILES string of the molecule is O=C(N[C@@H]1CCOC2(CCCCC2)C1)[C@@H]1C[C@H]1c1ccc(F)cc1. The molecule has 1 N–H and O–H groups in total. The fraction of sp³-hybridized carbons (Fsp3) is 0.650. The summed E-state index contributed by atoms with van der Waals surface area (Å²) >= 11 is 0. The fourth-order valence-electron chi connectivity index (χ4n) is 4.57. The van der Waals surface area contributed by atoms with Gasteiger partial charge in [0, 0.05) is 18.6 Å². The van der Waals surface area contributed by atoms with Crippen LogP contribution in [0.15, 0.2) is 24.3 Å². The molecule has 4 heteroatoms. The van der Waals surface area contributed by atoms with Crippen LogP contribution in [0.3, 0.4) is 0 Å². The lowest BCUT2D eigenvalue weighted by molar-refractivity contribution is -0.129. The third kappa shape index (κ3) is 3.34. The summed E-state index contributed by atoms with van der Waals surface area (Å²) in [5, 5.41) is 3.27. The van der Waals surface area contributed by atoms with Gasteiger partial charge in [0.25, 0.3) is 0 Å². The van der Waals surface area contributed by atoms with Crippen LogP contribution in [0.2, 0.25) is 0 Å². The van der Waals surface area contributed by atoms with Crippen molar-refractivity contribution in [3.05, 3.63) is 35.6 Å². The number of carbonyl (C=O) groups is 1. The maximum atomic E-state index is 13.0. The van der Waals surface area contributed by atoms with Crippen molar-refractivity contribution in [1.82, 2.24) is 5.32 Å². The summed E-state index contributed by atoms with van der Waals surface area (Å²) in [7, 11) is 0. The van der Waals surface area contributed by atoms with Crippen LogP contribution in [0.5, 0.6) is 0 Å².